The summed E-state index contributed by atoms with van der Waals surface area (Å²) in [4.78, 5) is 0. The molecule has 0 bridgehead atoms. The molecule has 0 atom stereocenters. The predicted molar refractivity (Wildman–Crippen MR) is 71.8 cm³/mol. The quantitative estimate of drug-likeness (QED) is 0.734. The molecule has 96 valence electrons. The Hall–Kier alpha value is -1.18. The zero-order chi connectivity index (χ0) is 12.8. The van der Waals surface area contributed by atoms with Gasteiger partial charge in [0.2, 0.25) is 0 Å². The van der Waals surface area contributed by atoms with Crippen LogP contribution in [0, 0.1) is 0 Å². The molecule has 0 fully saturated rings. The van der Waals surface area contributed by atoms with E-state index in [1.54, 1.807) is 0 Å². The van der Waals surface area contributed by atoms with E-state index in [1.807, 2.05) is 6.92 Å². The van der Waals surface area contributed by atoms with Crippen molar-refractivity contribution in [2.45, 2.75) is 59.3 Å². The standard InChI is InChI=1S/C15H24O2/c1-4-7-9-13-12(8-5-2)10-11(6-3)14(16)15(13)17/h10,16-17H,4-9H2,1-3H3. The van der Waals surface area contributed by atoms with Crippen molar-refractivity contribution in [2.75, 3.05) is 0 Å². The molecule has 0 amide bonds. The first kappa shape index (κ1) is 13.9. The highest BCUT2D eigenvalue weighted by molar-refractivity contribution is 5.54. The summed E-state index contributed by atoms with van der Waals surface area (Å²) in [6.45, 7) is 6.27. The third-order valence-electron chi connectivity index (χ3n) is 3.23. The number of hydrogen-bond acceptors (Lipinski definition) is 2. The fourth-order valence-electron chi connectivity index (χ4n) is 2.21. The summed E-state index contributed by atoms with van der Waals surface area (Å²) < 4.78 is 0. The number of phenolic OH excluding ortho intramolecular Hbond substituents is 2. The fourth-order valence-corrected chi connectivity index (χ4v) is 2.21. The van der Waals surface area contributed by atoms with Gasteiger partial charge in [-0.2, -0.15) is 0 Å². The molecule has 0 spiro atoms. The maximum absolute atomic E-state index is 10.1. The number of hydrogen-bond donors (Lipinski definition) is 2. The lowest BCUT2D eigenvalue weighted by Crippen LogP contribution is -1.98. The van der Waals surface area contributed by atoms with Crippen molar-refractivity contribution >= 4 is 0 Å². The van der Waals surface area contributed by atoms with E-state index in [2.05, 4.69) is 19.9 Å². The van der Waals surface area contributed by atoms with Crippen molar-refractivity contribution in [1.29, 1.82) is 0 Å². The summed E-state index contributed by atoms with van der Waals surface area (Å²) in [6.07, 6.45) is 5.79. The van der Waals surface area contributed by atoms with Crippen LogP contribution in [0.1, 0.15) is 56.7 Å². The maximum atomic E-state index is 10.1. The van der Waals surface area contributed by atoms with Gasteiger partial charge in [0.1, 0.15) is 0 Å². The van der Waals surface area contributed by atoms with Crippen molar-refractivity contribution in [2.24, 2.45) is 0 Å². The first-order chi connectivity index (χ1) is 8.15. The van der Waals surface area contributed by atoms with E-state index in [1.165, 1.54) is 5.56 Å². The number of phenols is 2. The second-order valence-electron chi connectivity index (χ2n) is 4.58. The number of unbranched alkanes of at least 4 members (excludes halogenated alkanes) is 1. The molecule has 1 rings (SSSR count). The summed E-state index contributed by atoms with van der Waals surface area (Å²) in [5.41, 5.74) is 3.00. The topological polar surface area (TPSA) is 40.5 Å². The Bertz CT molecular complexity index is 370. The normalized spacial score (nSPS) is 10.8. The smallest absolute Gasteiger partial charge is 0.161 e. The Morgan fingerprint density at radius 3 is 2.12 bits per heavy atom. The van der Waals surface area contributed by atoms with Crippen LogP contribution in [-0.4, -0.2) is 10.2 Å². The average molecular weight is 236 g/mol. The molecular formula is C15H24O2. The van der Waals surface area contributed by atoms with Crippen LogP contribution in [0.25, 0.3) is 0 Å². The number of rotatable bonds is 6. The van der Waals surface area contributed by atoms with Gasteiger partial charge >= 0.3 is 0 Å². The van der Waals surface area contributed by atoms with Gasteiger partial charge in [-0.15, -0.1) is 0 Å². The van der Waals surface area contributed by atoms with E-state index in [0.29, 0.717) is 0 Å². The number of aromatic hydroxyl groups is 2. The maximum Gasteiger partial charge on any atom is 0.161 e. The van der Waals surface area contributed by atoms with Crippen LogP contribution < -0.4 is 0 Å². The van der Waals surface area contributed by atoms with Gasteiger partial charge in [-0.05, 0) is 36.8 Å². The van der Waals surface area contributed by atoms with E-state index >= 15 is 0 Å². The molecule has 0 saturated carbocycles. The molecule has 1 aromatic carbocycles. The summed E-state index contributed by atoms with van der Waals surface area (Å²) in [7, 11) is 0. The van der Waals surface area contributed by atoms with Crippen LogP contribution in [0.5, 0.6) is 11.5 Å². The van der Waals surface area contributed by atoms with Crippen molar-refractivity contribution < 1.29 is 10.2 Å². The predicted octanol–water partition coefficient (Wildman–Crippen LogP) is 3.96. The molecule has 0 aliphatic carbocycles. The first-order valence-electron chi connectivity index (χ1n) is 6.71. The molecule has 0 saturated heterocycles. The molecule has 2 nitrogen and oxygen atoms in total. The van der Waals surface area contributed by atoms with Crippen molar-refractivity contribution in [3.05, 3.63) is 22.8 Å². The van der Waals surface area contributed by atoms with Crippen LogP contribution in [0.3, 0.4) is 0 Å². The minimum atomic E-state index is 0.0819. The SMILES string of the molecule is CCCCc1c(CCC)cc(CC)c(O)c1O. The van der Waals surface area contributed by atoms with Gasteiger partial charge in [0, 0.05) is 5.56 Å². The van der Waals surface area contributed by atoms with Crippen molar-refractivity contribution in [3.8, 4) is 11.5 Å². The lowest BCUT2D eigenvalue weighted by atomic mass is 9.94. The minimum absolute atomic E-state index is 0.0819. The van der Waals surface area contributed by atoms with Gasteiger partial charge in [-0.1, -0.05) is 39.7 Å². The molecule has 0 aliphatic heterocycles. The van der Waals surface area contributed by atoms with E-state index in [9.17, 15) is 10.2 Å². The van der Waals surface area contributed by atoms with Gasteiger partial charge in [-0.25, -0.2) is 0 Å². The zero-order valence-corrected chi connectivity index (χ0v) is 11.2. The van der Waals surface area contributed by atoms with E-state index in [-0.39, 0.29) is 11.5 Å². The molecular weight excluding hydrogens is 212 g/mol. The third kappa shape index (κ3) is 3.15. The number of benzene rings is 1. The molecule has 2 heteroatoms. The van der Waals surface area contributed by atoms with Crippen LogP contribution in [0.4, 0.5) is 0 Å². The van der Waals surface area contributed by atoms with Crippen molar-refractivity contribution in [3.63, 3.8) is 0 Å². The van der Waals surface area contributed by atoms with E-state index in [0.717, 1.165) is 49.7 Å². The highest BCUT2D eigenvalue weighted by Gasteiger charge is 2.15. The Labute approximate surface area is 104 Å². The molecule has 17 heavy (non-hydrogen) atoms. The molecule has 0 radical (unpaired) electrons. The summed E-state index contributed by atoms with van der Waals surface area (Å²) in [5.74, 6) is 0.194. The molecule has 0 aliphatic rings. The van der Waals surface area contributed by atoms with Gasteiger partial charge in [-0.3, -0.25) is 0 Å². The lowest BCUT2D eigenvalue weighted by Gasteiger charge is -2.15. The van der Waals surface area contributed by atoms with E-state index < -0.39 is 0 Å². The molecule has 0 aromatic heterocycles. The Morgan fingerprint density at radius 1 is 0.882 bits per heavy atom. The zero-order valence-electron chi connectivity index (χ0n) is 11.2. The second-order valence-corrected chi connectivity index (χ2v) is 4.58. The summed E-state index contributed by atoms with van der Waals surface area (Å²) >= 11 is 0. The second kappa shape index (κ2) is 6.53. The Balaban J connectivity index is 3.18. The van der Waals surface area contributed by atoms with Crippen LogP contribution >= 0.6 is 0 Å². The highest BCUT2D eigenvalue weighted by Crippen LogP contribution is 2.37. The molecule has 0 unspecified atom stereocenters. The Morgan fingerprint density at radius 2 is 1.59 bits per heavy atom. The van der Waals surface area contributed by atoms with Crippen molar-refractivity contribution in [1.82, 2.24) is 0 Å². The minimum Gasteiger partial charge on any atom is -0.504 e. The van der Waals surface area contributed by atoms with Crippen LogP contribution in [-0.2, 0) is 19.3 Å². The third-order valence-corrected chi connectivity index (χ3v) is 3.23. The van der Waals surface area contributed by atoms with Gasteiger partial charge in [0.25, 0.3) is 0 Å². The van der Waals surface area contributed by atoms with E-state index in [4.69, 9.17) is 0 Å². The van der Waals surface area contributed by atoms with Gasteiger partial charge in [0.15, 0.2) is 11.5 Å². The number of aryl methyl sites for hydroxylation is 2. The summed E-state index contributed by atoms with van der Waals surface area (Å²) in [6, 6.07) is 2.06. The summed E-state index contributed by atoms with van der Waals surface area (Å²) in [5, 5.41) is 20.0. The largest absolute Gasteiger partial charge is 0.504 e. The monoisotopic (exact) mass is 236 g/mol. The van der Waals surface area contributed by atoms with Crippen LogP contribution in [0.2, 0.25) is 0 Å². The molecule has 2 N–H and O–H groups in total. The fraction of sp³-hybridized carbons (Fsp3) is 0.600. The average Bonchev–Trinajstić information content (AvgIpc) is 2.33. The Kier molecular flexibility index (Phi) is 5.33. The van der Waals surface area contributed by atoms with Crippen LogP contribution in [0.15, 0.2) is 6.07 Å². The van der Waals surface area contributed by atoms with Gasteiger partial charge in [0.05, 0.1) is 0 Å². The lowest BCUT2D eigenvalue weighted by molar-refractivity contribution is 0.394. The highest BCUT2D eigenvalue weighted by atomic mass is 16.3. The molecule has 1 aromatic rings. The van der Waals surface area contributed by atoms with Gasteiger partial charge < -0.3 is 10.2 Å². The first-order valence-corrected chi connectivity index (χ1v) is 6.71. The molecule has 0 heterocycles.